The SMILES string of the molecule is C=CCCOCCCCC[n+]1ccc(-c2cc[n+](CCCCCOc3cc(C(C)(C)C)cc(C(C)(C)C)c3)cc2)cc1. The van der Waals surface area contributed by atoms with Gasteiger partial charge in [0.2, 0.25) is 0 Å². The zero-order valence-electron chi connectivity index (χ0n) is 27.3. The van der Waals surface area contributed by atoms with Crippen LogP contribution < -0.4 is 13.9 Å². The van der Waals surface area contributed by atoms with E-state index < -0.39 is 0 Å². The van der Waals surface area contributed by atoms with Gasteiger partial charge in [-0.05, 0) is 77.3 Å². The van der Waals surface area contributed by atoms with Crippen molar-refractivity contribution in [3.63, 3.8) is 0 Å². The quantitative estimate of drug-likeness (QED) is 0.0920. The summed E-state index contributed by atoms with van der Waals surface area (Å²) >= 11 is 0. The second kappa shape index (κ2) is 16.6. The number of benzene rings is 1. The number of pyridine rings is 2. The van der Waals surface area contributed by atoms with Gasteiger partial charge < -0.3 is 9.47 Å². The molecule has 0 radical (unpaired) electrons. The lowest BCUT2D eigenvalue weighted by molar-refractivity contribution is -0.697. The van der Waals surface area contributed by atoms with E-state index in [4.69, 9.17) is 9.47 Å². The molecule has 4 nitrogen and oxygen atoms in total. The number of unbranched alkanes of at least 4 members (excludes halogenated alkanes) is 4. The molecule has 1 aromatic carbocycles. The minimum Gasteiger partial charge on any atom is -0.494 e. The van der Waals surface area contributed by atoms with Gasteiger partial charge >= 0.3 is 0 Å². The van der Waals surface area contributed by atoms with Crippen molar-refractivity contribution in [1.82, 2.24) is 0 Å². The second-order valence-electron chi connectivity index (χ2n) is 13.6. The number of rotatable bonds is 17. The highest BCUT2D eigenvalue weighted by molar-refractivity contribution is 5.60. The van der Waals surface area contributed by atoms with Crippen LogP contribution in [0.4, 0.5) is 0 Å². The Kier molecular flexibility index (Phi) is 13.3. The summed E-state index contributed by atoms with van der Waals surface area (Å²) in [6, 6.07) is 15.7. The predicted molar refractivity (Wildman–Crippen MR) is 175 cm³/mol. The third-order valence-electron chi connectivity index (χ3n) is 7.75. The average molecular weight is 573 g/mol. The van der Waals surface area contributed by atoms with Crippen LogP contribution in [-0.4, -0.2) is 19.8 Å². The lowest BCUT2D eigenvalue weighted by Crippen LogP contribution is -2.33. The zero-order chi connectivity index (χ0) is 30.4. The molecule has 0 saturated heterocycles. The molecule has 42 heavy (non-hydrogen) atoms. The highest BCUT2D eigenvalue weighted by Gasteiger charge is 2.21. The van der Waals surface area contributed by atoms with Gasteiger partial charge in [0.25, 0.3) is 0 Å². The molecule has 0 spiro atoms. The summed E-state index contributed by atoms with van der Waals surface area (Å²) in [5, 5.41) is 0. The summed E-state index contributed by atoms with van der Waals surface area (Å²) in [4.78, 5) is 0. The molecule has 0 fully saturated rings. The van der Waals surface area contributed by atoms with Crippen LogP contribution in [0, 0.1) is 0 Å². The van der Waals surface area contributed by atoms with Gasteiger partial charge in [0.15, 0.2) is 24.8 Å². The van der Waals surface area contributed by atoms with E-state index in [1.54, 1.807) is 0 Å². The molecule has 0 unspecified atom stereocenters. The van der Waals surface area contributed by atoms with Crippen molar-refractivity contribution in [2.75, 3.05) is 19.8 Å². The van der Waals surface area contributed by atoms with Crippen molar-refractivity contribution < 1.29 is 18.6 Å². The first-order valence-corrected chi connectivity index (χ1v) is 16.0. The molecule has 0 aliphatic carbocycles. The summed E-state index contributed by atoms with van der Waals surface area (Å²) in [5.74, 6) is 1.00. The molecule has 0 aliphatic heterocycles. The first-order valence-electron chi connectivity index (χ1n) is 16.0. The number of ether oxygens (including phenoxy) is 2. The number of aromatic nitrogens is 2. The normalized spacial score (nSPS) is 12.0. The van der Waals surface area contributed by atoms with Crippen LogP contribution in [0.1, 0.15) is 97.6 Å². The van der Waals surface area contributed by atoms with Gasteiger partial charge in [0.1, 0.15) is 18.8 Å². The number of hydrogen-bond donors (Lipinski definition) is 0. The van der Waals surface area contributed by atoms with Gasteiger partial charge in [-0.25, -0.2) is 9.13 Å². The number of hydrogen-bond acceptors (Lipinski definition) is 2. The van der Waals surface area contributed by atoms with Gasteiger partial charge in [0, 0.05) is 50.3 Å². The third-order valence-corrected chi connectivity index (χ3v) is 7.75. The largest absolute Gasteiger partial charge is 0.494 e. The standard InChI is InChI=1S/C38H56N2O2/c1-8-9-26-41-27-14-10-12-20-39-22-16-32(17-23-39)33-18-24-40(25-19-33)21-13-11-15-28-42-36-30-34(37(2,3)4)29-35(31-36)38(5,6)7/h8,16-19,22-25,29-31H,1,9-15,20-21,26-28H2,2-7H3/q+2. The van der Waals surface area contributed by atoms with Crippen LogP contribution in [0.15, 0.2) is 79.9 Å². The van der Waals surface area contributed by atoms with Gasteiger partial charge in [-0.2, -0.15) is 0 Å². The molecule has 0 saturated carbocycles. The van der Waals surface area contributed by atoms with Crippen molar-refractivity contribution in [3.05, 3.63) is 91.0 Å². The molecular weight excluding hydrogens is 516 g/mol. The fraction of sp³-hybridized carbons (Fsp3) is 0.526. The Balaban J connectivity index is 1.36. The third kappa shape index (κ3) is 11.7. The van der Waals surface area contributed by atoms with Gasteiger partial charge in [-0.3, -0.25) is 0 Å². The summed E-state index contributed by atoms with van der Waals surface area (Å²) in [6.07, 6.45) is 18.5. The predicted octanol–water partition coefficient (Wildman–Crippen LogP) is 8.54. The molecular formula is C38H56N2O2+2. The summed E-state index contributed by atoms with van der Waals surface area (Å²) < 4.78 is 16.4. The molecule has 3 rings (SSSR count). The molecule has 0 N–H and O–H groups in total. The van der Waals surface area contributed by atoms with E-state index in [0.29, 0.717) is 0 Å². The minimum atomic E-state index is 0.107. The van der Waals surface area contributed by atoms with Crippen LogP contribution in [0.25, 0.3) is 11.1 Å². The van der Waals surface area contributed by atoms with Crippen molar-refractivity contribution in [3.8, 4) is 16.9 Å². The molecule has 0 bridgehead atoms. The lowest BCUT2D eigenvalue weighted by Gasteiger charge is -2.26. The van der Waals surface area contributed by atoms with E-state index in [0.717, 1.165) is 70.8 Å². The molecule has 2 aromatic heterocycles. The average Bonchev–Trinajstić information content (AvgIpc) is 2.96. The molecule has 4 heteroatoms. The molecule has 3 aromatic rings. The first kappa shape index (κ1) is 33.5. The summed E-state index contributed by atoms with van der Waals surface area (Å²) in [5.41, 5.74) is 5.41. The Hall–Kier alpha value is -2.98. The van der Waals surface area contributed by atoms with Crippen LogP contribution in [0.3, 0.4) is 0 Å². The molecule has 0 amide bonds. The van der Waals surface area contributed by atoms with Gasteiger partial charge in [-0.15, -0.1) is 6.58 Å². The maximum atomic E-state index is 6.24. The van der Waals surface area contributed by atoms with Crippen molar-refractivity contribution in [2.45, 2.75) is 110 Å². The summed E-state index contributed by atoms with van der Waals surface area (Å²) in [6.45, 7) is 21.8. The fourth-order valence-corrected chi connectivity index (χ4v) is 4.85. The Labute approximate surface area is 256 Å². The highest BCUT2D eigenvalue weighted by Crippen LogP contribution is 2.33. The van der Waals surface area contributed by atoms with E-state index in [2.05, 4.69) is 125 Å². The lowest BCUT2D eigenvalue weighted by atomic mass is 9.80. The van der Waals surface area contributed by atoms with Crippen LogP contribution in [0.5, 0.6) is 5.75 Å². The van der Waals surface area contributed by atoms with E-state index >= 15 is 0 Å². The fourth-order valence-electron chi connectivity index (χ4n) is 4.85. The van der Waals surface area contributed by atoms with E-state index in [-0.39, 0.29) is 10.8 Å². The maximum absolute atomic E-state index is 6.24. The molecule has 0 aliphatic rings. The van der Waals surface area contributed by atoms with Crippen molar-refractivity contribution in [2.24, 2.45) is 0 Å². The van der Waals surface area contributed by atoms with Gasteiger partial charge in [-0.1, -0.05) is 53.7 Å². The monoisotopic (exact) mass is 572 g/mol. The van der Waals surface area contributed by atoms with Gasteiger partial charge in [0.05, 0.1) is 6.61 Å². The van der Waals surface area contributed by atoms with E-state index in [9.17, 15) is 0 Å². The van der Waals surface area contributed by atoms with Crippen LogP contribution in [-0.2, 0) is 28.7 Å². The molecule has 0 atom stereocenters. The summed E-state index contributed by atoms with van der Waals surface area (Å²) in [7, 11) is 0. The van der Waals surface area contributed by atoms with Crippen molar-refractivity contribution >= 4 is 0 Å². The zero-order valence-corrected chi connectivity index (χ0v) is 27.3. The van der Waals surface area contributed by atoms with Crippen molar-refractivity contribution in [1.29, 1.82) is 0 Å². The molecule has 2 heterocycles. The second-order valence-corrected chi connectivity index (χ2v) is 13.6. The first-order chi connectivity index (χ1) is 20.1. The Morgan fingerprint density at radius 2 is 1.10 bits per heavy atom. The minimum absolute atomic E-state index is 0.107. The smallest absolute Gasteiger partial charge is 0.169 e. The Morgan fingerprint density at radius 1 is 0.619 bits per heavy atom. The van der Waals surface area contributed by atoms with Crippen LogP contribution in [0.2, 0.25) is 0 Å². The van der Waals surface area contributed by atoms with E-state index in [1.165, 1.54) is 35.1 Å². The Bertz CT molecular complexity index is 1170. The Morgan fingerprint density at radius 3 is 1.55 bits per heavy atom. The number of nitrogens with zero attached hydrogens (tertiary/aromatic N) is 2. The highest BCUT2D eigenvalue weighted by atomic mass is 16.5. The topological polar surface area (TPSA) is 26.2 Å². The number of aryl methyl sites for hydroxylation is 2. The van der Waals surface area contributed by atoms with Crippen LogP contribution >= 0.6 is 0 Å². The maximum Gasteiger partial charge on any atom is 0.169 e. The van der Waals surface area contributed by atoms with E-state index in [1.807, 2.05) is 6.08 Å². The molecule has 228 valence electrons.